The first kappa shape index (κ1) is 17.1. The van der Waals surface area contributed by atoms with Gasteiger partial charge in [-0.1, -0.05) is 12.1 Å². The molecule has 4 rings (SSSR count). The number of carbonyl (C=O) groups excluding carboxylic acids is 1. The summed E-state index contributed by atoms with van der Waals surface area (Å²) in [6, 6.07) is 10.4. The van der Waals surface area contributed by atoms with Gasteiger partial charge in [-0.05, 0) is 55.3 Å². The number of nitrogens with zero attached hydrogens (tertiary/aromatic N) is 2. The quantitative estimate of drug-likeness (QED) is 0.724. The van der Waals surface area contributed by atoms with E-state index < -0.39 is 0 Å². The van der Waals surface area contributed by atoms with E-state index >= 15 is 0 Å². The first-order valence-electron chi connectivity index (χ1n) is 9.20. The smallest absolute Gasteiger partial charge is 0.224 e. The van der Waals surface area contributed by atoms with Gasteiger partial charge in [0.25, 0.3) is 0 Å². The maximum Gasteiger partial charge on any atom is 0.224 e. The molecule has 0 unspecified atom stereocenters. The van der Waals surface area contributed by atoms with Crippen LogP contribution in [0.2, 0.25) is 0 Å². The van der Waals surface area contributed by atoms with Gasteiger partial charge >= 0.3 is 0 Å². The zero-order valence-corrected chi connectivity index (χ0v) is 15.8. The van der Waals surface area contributed by atoms with Crippen LogP contribution in [0, 0.1) is 12.8 Å². The average molecular weight is 369 g/mol. The van der Waals surface area contributed by atoms with E-state index in [1.165, 1.54) is 10.4 Å². The van der Waals surface area contributed by atoms with E-state index in [-0.39, 0.29) is 11.8 Å². The normalized spacial score (nSPS) is 17.6. The van der Waals surface area contributed by atoms with Crippen molar-refractivity contribution >= 4 is 34.2 Å². The molecule has 1 aromatic carbocycles. The van der Waals surface area contributed by atoms with Crippen molar-refractivity contribution in [3.63, 3.8) is 0 Å². The molecular formula is C20H24N4OS. The standard InChI is InChI=1S/C20H24N4OS/c1-14-6-7-17-18(12-14)23-20(22-17)24-10-2-4-15(13-24)19(25)21-9-8-16-5-3-11-26-16/h3,5-7,11-12,15H,2,4,8-10,13H2,1H3,(H,21,25)(H,22,23)/t15-/m1/s1. The number of imidazole rings is 1. The maximum absolute atomic E-state index is 12.6. The Morgan fingerprint density at radius 3 is 3.19 bits per heavy atom. The van der Waals surface area contributed by atoms with E-state index in [2.05, 4.69) is 51.8 Å². The van der Waals surface area contributed by atoms with Crippen LogP contribution in [0.3, 0.4) is 0 Å². The zero-order chi connectivity index (χ0) is 17.9. The lowest BCUT2D eigenvalue weighted by atomic mass is 9.97. The summed E-state index contributed by atoms with van der Waals surface area (Å²) in [7, 11) is 0. The Bertz CT molecular complexity index is 886. The van der Waals surface area contributed by atoms with Crippen molar-refractivity contribution < 1.29 is 4.79 Å². The van der Waals surface area contributed by atoms with Crippen LogP contribution in [0.4, 0.5) is 5.95 Å². The molecule has 1 atom stereocenters. The van der Waals surface area contributed by atoms with Crippen LogP contribution in [0.5, 0.6) is 0 Å². The van der Waals surface area contributed by atoms with Gasteiger partial charge in [-0.25, -0.2) is 4.98 Å². The fraction of sp³-hybridized carbons (Fsp3) is 0.400. The second-order valence-electron chi connectivity index (χ2n) is 6.99. The largest absolute Gasteiger partial charge is 0.355 e. The zero-order valence-electron chi connectivity index (χ0n) is 15.0. The van der Waals surface area contributed by atoms with Crippen molar-refractivity contribution in [3.8, 4) is 0 Å². The second-order valence-corrected chi connectivity index (χ2v) is 8.02. The monoisotopic (exact) mass is 368 g/mol. The molecule has 1 amide bonds. The Balaban J connectivity index is 1.37. The first-order valence-corrected chi connectivity index (χ1v) is 10.1. The van der Waals surface area contributed by atoms with E-state index in [9.17, 15) is 4.79 Å². The highest BCUT2D eigenvalue weighted by Crippen LogP contribution is 2.24. The fourth-order valence-electron chi connectivity index (χ4n) is 3.55. The van der Waals surface area contributed by atoms with Gasteiger partial charge in [0, 0.05) is 24.5 Å². The van der Waals surface area contributed by atoms with Crippen molar-refractivity contribution in [2.75, 3.05) is 24.5 Å². The molecule has 5 nitrogen and oxygen atoms in total. The summed E-state index contributed by atoms with van der Waals surface area (Å²) >= 11 is 1.74. The maximum atomic E-state index is 12.6. The molecule has 2 N–H and O–H groups in total. The molecule has 1 saturated heterocycles. The van der Waals surface area contributed by atoms with Gasteiger partial charge in [0.05, 0.1) is 17.0 Å². The van der Waals surface area contributed by atoms with Crippen LogP contribution in [0.1, 0.15) is 23.3 Å². The third-order valence-corrected chi connectivity index (χ3v) is 5.90. The van der Waals surface area contributed by atoms with Crippen molar-refractivity contribution in [3.05, 3.63) is 46.2 Å². The van der Waals surface area contributed by atoms with Crippen LogP contribution in [0.15, 0.2) is 35.7 Å². The van der Waals surface area contributed by atoms with Crippen molar-refractivity contribution in [1.82, 2.24) is 15.3 Å². The Labute approximate surface area is 157 Å². The predicted octanol–water partition coefficient (Wildman–Crippen LogP) is 3.51. The van der Waals surface area contributed by atoms with Crippen LogP contribution in [0.25, 0.3) is 11.0 Å². The number of hydrogen-bond donors (Lipinski definition) is 2. The van der Waals surface area contributed by atoms with Gasteiger partial charge in [0.15, 0.2) is 0 Å². The topological polar surface area (TPSA) is 61.0 Å². The highest BCUT2D eigenvalue weighted by Gasteiger charge is 2.27. The Kier molecular flexibility index (Phi) is 4.93. The first-order chi connectivity index (χ1) is 12.7. The van der Waals surface area contributed by atoms with Crippen molar-refractivity contribution in [2.45, 2.75) is 26.2 Å². The molecular weight excluding hydrogens is 344 g/mol. The van der Waals surface area contributed by atoms with Crippen molar-refractivity contribution in [2.24, 2.45) is 5.92 Å². The van der Waals surface area contributed by atoms with Crippen LogP contribution >= 0.6 is 11.3 Å². The minimum Gasteiger partial charge on any atom is -0.355 e. The average Bonchev–Trinajstić information content (AvgIpc) is 3.31. The van der Waals surface area contributed by atoms with Crippen molar-refractivity contribution in [1.29, 1.82) is 0 Å². The summed E-state index contributed by atoms with van der Waals surface area (Å²) in [4.78, 5) is 24.2. The van der Waals surface area contributed by atoms with E-state index in [1.54, 1.807) is 11.3 Å². The molecule has 0 radical (unpaired) electrons. The molecule has 0 saturated carbocycles. The van der Waals surface area contributed by atoms with Crippen LogP contribution < -0.4 is 10.2 Å². The summed E-state index contributed by atoms with van der Waals surface area (Å²) in [5, 5.41) is 5.18. The van der Waals surface area contributed by atoms with E-state index in [1.807, 2.05) is 6.07 Å². The Morgan fingerprint density at radius 2 is 2.35 bits per heavy atom. The highest BCUT2D eigenvalue weighted by atomic mass is 32.1. The summed E-state index contributed by atoms with van der Waals surface area (Å²) in [5.74, 6) is 1.07. The lowest BCUT2D eigenvalue weighted by Gasteiger charge is -2.31. The van der Waals surface area contributed by atoms with E-state index in [0.29, 0.717) is 6.54 Å². The molecule has 3 heterocycles. The number of aryl methyl sites for hydroxylation is 1. The molecule has 2 aromatic heterocycles. The molecule has 1 fully saturated rings. The molecule has 26 heavy (non-hydrogen) atoms. The summed E-state index contributed by atoms with van der Waals surface area (Å²) < 4.78 is 0. The number of H-pyrrole nitrogens is 1. The van der Waals surface area contributed by atoms with Gasteiger partial charge in [0.1, 0.15) is 0 Å². The number of benzene rings is 1. The number of hydrogen-bond acceptors (Lipinski definition) is 4. The minimum atomic E-state index is 0.0297. The number of aromatic nitrogens is 2. The molecule has 6 heteroatoms. The van der Waals surface area contributed by atoms with Gasteiger partial charge in [-0.15, -0.1) is 11.3 Å². The number of anilines is 1. The SMILES string of the molecule is Cc1ccc2nc(N3CCC[C@@H](C(=O)NCCc4cccs4)C3)[nH]c2c1. The third-order valence-electron chi connectivity index (χ3n) is 4.97. The Hall–Kier alpha value is -2.34. The lowest BCUT2D eigenvalue weighted by Crippen LogP contribution is -2.43. The highest BCUT2D eigenvalue weighted by molar-refractivity contribution is 7.09. The molecule has 1 aliphatic rings. The fourth-order valence-corrected chi connectivity index (χ4v) is 4.26. The molecule has 0 bridgehead atoms. The summed E-state index contributed by atoms with van der Waals surface area (Å²) in [6.07, 6.45) is 2.86. The minimum absolute atomic E-state index is 0.0297. The predicted molar refractivity (Wildman–Crippen MR) is 107 cm³/mol. The molecule has 3 aromatic rings. The number of nitrogens with one attached hydrogen (secondary N) is 2. The molecule has 0 aliphatic carbocycles. The number of aromatic amines is 1. The van der Waals surface area contributed by atoms with Crippen LogP contribution in [-0.4, -0.2) is 35.5 Å². The van der Waals surface area contributed by atoms with Gasteiger partial charge < -0.3 is 15.2 Å². The number of thiophene rings is 1. The number of fused-ring (bicyclic) bond motifs is 1. The third kappa shape index (κ3) is 3.75. The van der Waals surface area contributed by atoms with E-state index in [4.69, 9.17) is 4.98 Å². The van der Waals surface area contributed by atoms with Gasteiger partial charge in [-0.2, -0.15) is 0 Å². The Morgan fingerprint density at radius 1 is 1.42 bits per heavy atom. The van der Waals surface area contributed by atoms with E-state index in [0.717, 1.165) is 49.3 Å². The number of rotatable bonds is 5. The molecule has 1 aliphatic heterocycles. The number of carbonyl (C=O) groups is 1. The molecule has 0 spiro atoms. The number of piperidine rings is 1. The van der Waals surface area contributed by atoms with Gasteiger partial charge in [-0.3, -0.25) is 4.79 Å². The van der Waals surface area contributed by atoms with Gasteiger partial charge in [0.2, 0.25) is 11.9 Å². The molecule has 136 valence electrons. The second kappa shape index (κ2) is 7.50. The summed E-state index contributed by atoms with van der Waals surface area (Å²) in [6.45, 7) is 4.46. The lowest BCUT2D eigenvalue weighted by molar-refractivity contribution is -0.125. The van der Waals surface area contributed by atoms with Crippen LogP contribution in [-0.2, 0) is 11.2 Å². The summed E-state index contributed by atoms with van der Waals surface area (Å²) in [5.41, 5.74) is 3.25. The number of amides is 1.